The number of aryl methyl sites for hydroxylation is 1. The molecule has 0 radical (unpaired) electrons. The maximum absolute atomic E-state index is 9.51. The van der Waals surface area contributed by atoms with E-state index in [9.17, 15) is 5.21 Å². The normalized spacial score (nSPS) is 14.1. The molecule has 0 fully saturated rings. The standard InChI is InChI=1S/C22H22ClN3OS/c23-18-12-10-17(11-13-18)20(25-27)15-28-22-24-19-8-4-5-9-21(19)26(22)14-16-6-2-1-3-7-16/h1-3,6-7,10-13,27H,4-5,8-9,14-15H2/b25-20-. The molecule has 6 heteroatoms. The first kappa shape index (κ1) is 19.1. The molecule has 1 aliphatic rings. The van der Waals surface area contributed by atoms with Crippen molar-refractivity contribution in [2.24, 2.45) is 5.16 Å². The van der Waals surface area contributed by atoms with Crippen molar-refractivity contribution < 1.29 is 5.21 Å². The van der Waals surface area contributed by atoms with E-state index in [1.54, 1.807) is 11.8 Å². The van der Waals surface area contributed by atoms with Gasteiger partial charge in [-0.3, -0.25) is 0 Å². The van der Waals surface area contributed by atoms with Crippen molar-refractivity contribution in [2.45, 2.75) is 37.4 Å². The van der Waals surface area contributed by atoms with Gasteiger partial charge in [0.1, 0.15) is 0 Å². The second-order valence-corrected chi connectivity index (χ2v) is 8.29. The molecular weight excluding hydrogens is 390 g/mol. The molecule has 0 saturated heterocycles. The van der Waals surface area contributed by atoms with Crippen LogP contribution in [0.4, 0.5) is 0 Å². The molecule has 0 saturated carbocycles. The molecule has 2 aromatic carbocycles. The van der Waals surface area contributed by atoms with Gasteiger partial charge in [-0.25, -0.2) is 4.98 Å². The van der Waals surface area contributed by atoms with Crippen LogP contribution in [0.25, 0.3) is 0 Å². The van der Waals surface area contributed by atoms with Gasteiger partial charge >= 0.3 is 0 Å². The van der Waals surface area contributed by atoms with Gasteiger partial charge < -0.3 is 9.77 Å². The molecule has 144 valence electrons. The number of hydrogen-bond acceptors (Lipinski definition) is 4. The van der Waals surface area contributed by atoms with Crippen LogP contribution >= 0.6 is 23.4 Å². The summed E-state index contributed by atoms with van der Waals surface area (Å²) >= 11 is 7.59. The van der Waals surface area contributed by atoms with Crippen LogP contribution < -0.4 is 0 Å². The van der Waals surface area contributed by atoms with Crippen molar-refractivity contribution in [3.05, 3.63) is 82.1 Å². The first-order chi connectivity index (χ1) is 13.7. The summed E-state index contributed by atoms with van der Waals surface area (Å²) in [5, 5.41) is 14.7. The summed E-state index contributed by atoms with van der Waals surface area (Å²) in [4.78, 5) is 4.93. The van der Waals surface area contributed by atoms with E-state index in [-0.39, 0.29) is 0 Å². The maximum atomic E-state index is 9.51. The number of halogens is 1. The average Bonchev–Trinajstić information content (AvgIpc) is 3.08. The van der Waals surface area contributed by atoms with Gasteiger partial charge in [0.05, 0.1) is 11.4 Å². The monoisotopic (exact) mass is 411 g/mol. The van der Waals surface area contributed by atoms with Gasteiger partial charge in [-0.15, -0.1) is 0 Å². The number of nitrogens with zero attached hydrogens (tertiary/aromatic N) is 3. The van der Waals surface area contributed by atoms with Crippen LogP contribution in [-0.4, -0.2) is 26.2 Å². The molecule has 1 aliphatic carbocycles. The number of rotatable bonds is 6. The van der Waals surface area contributed by atoms with Crippen molar-refractivity contribution in [3.63, 3.8) is 0 Å². The number of benzene rings is 2. The van der Waals surface area contributed by atoms with E-state index in [4.69, 9.17) is 16.6 Å². The number of aromatic nitrogens is 2. The van der Waals surface area contributed by atoms with E-state index in [2.05, 4.69) is 34.0 Å². The van der Waals surface area contributed by atoms with Gasteiger partial charge in [0.25, 0.3) is 0 Å². The van der Waals surface area contributed by atoms with Crippen molar-refractivity contribution in [1.29, 1.82) is 0 Å². The lowest BCUT2D eigenvalue weighted by Gasteiger charge is -2.15. The Labute approximate surface area is 174 Å². The molecule has 1 heterocycles. The Morgan fingerprint density at radius 1 is 1.07 bits per heavy atom. The number of oxime groups is 1. The molecule has 0 amide bonds. The second-order valence-electron chi connectivity index (χ2n) is 6.91. The van der Waals surface area contributed by atoms with E-state index in [0.717, 1.165) is 30.1 Å². The highest BCUT2D eigenvalue weighted by Crippen LogP contribution is 2.29. The third-order valence-corrected chi connectivity index (χ3v) is 6.26. The Morgan fingerprint density at radius 2 is 1.82 bits per heavy atom. The van der Waals surface area contributed by atoms with Crippen molar-refractivity contribution in [2.75, 3.05) is 5.75 Å². The minimum absolute atomic E-state index is 0.544. The largest absolute Gasteiger partial charge is 0.411 e. The Kier molecular flexibility index (Phi) is 6.03. The third kappa shape index (κ3) is 4.26. The van der Waals surface area contributed by atoms with Crippen molar-refractivity contribution in [1.82, 2.24) is 9.55 Å². The lowest BCUT2D eigenvalue weighted by Crippen LogP contribution is -2.11. The number of thioether (sulfide) groups is 1. The van der Waals surface area contributed by atoms with Gasteiger partial charge in [0, 0.05) is 28.6 Å². The highest BCUT2D eigenvalue weighted by molar-refractivity contribution is 7.99. The summed E-state index contributed by atoms with van der Waals surface area (Å²) in [6, 6.07) is 17.8. The fourth-order valence-corrected chi connectivity index (χ4v) is 4.68. The number of imidazole rings is 1. The van der Waals surface area contributed by atoms with E-state index >= 15 is 0 Å². The smallest absolute Gasteiger partial charge is 0.169 e. The third-order valence-electron chi connectivity index (χ3n) is 5.02. The van der Waals surface area contributed by atoms with Crippen LogP contribution in [0.5, 0.6) is 0 Å². The van der Waals surface area contributed by atoms with Crippen LogP contribution in [-0.2, 0) is 19.4 Å². The van der Waals surface area contributed by atoms with Crippen LogP contribution in [0.3, 0.4) is 0 Å². The predicted octanol–water partition coefficient (Wildman–Crippen LogP) is 5.43. The zero-order valence-corrected chi connectivity index (χ0v) is 17.1. The molecule has 28 heavy (non-hydrogen) atoms. The second kappa shape index (κ2) is 8.84. The zero-order chi connectivity index (χ0) is 19.3. The van der Waals surface area contributed by atoms with E-state index in [1.165, 1.54) is 29.8 Å². The first-order valence-electron chi connectivity index (χ1n) is 9.46. The summed E-state index contributed by atoms with van der Waals surface area (Å²) in [7, 11) is 0. The fraction of sp³-hybridized carbons (Fsp3) is 0.273. The van der Waals surface area contributed by atoms with Crippen LogP contribution in [0.2, 0.25) is 5.02 Å². The molecule has 0 aliphatic heterocycles. The average molecular weight is 412 g/mol. The summed E-state index contributed by atoms with van der Waals surface area (Å²) in [6.45, 7) is 0.818. The minimum atomic E-state index is 0.544. The maximum Gasteiger partial charge on any atom is 0.169 e. The summed E-state index contributed by atoms with van der Waals surface area (Å²) in [6.07, 6.45) is 4.54. The molecule has 0 unspecified atom stereocenters. The molecule has 1 aromatic heterocycles. The Morgan fingerprint density at radius 3 is 2.57 bits per heavy atom. The van der Waals surface area contributed by atoms with Crippen molar-refractivity contribution >= 4 is 29.1 Å². The molecule has 3 aromatic rings. The van der Waals surface area contributed by atoms with Crippen LogP contribution in [0.15, 0.2) is 64.9 Å². The molecular formula is C22H22ClN3OS. The number of fused-ring (bicyclic) bond motifs is 1. The Bertz CT molecular complexity index is 967. The SMILES string of the molecule is O/N=C(/CSc1nc2c(n1Cc1ccccc1)CCCC2)c1ccc(Cl)cc1. The first-order valence-corrected chi connectivity index (χ1v) is 10.8. The highest BCUT2D eigenvalue weighted by Gasteiger charge is 2.21. The topological polar surface area (TPSA) is 50.4 Å². The molecule has 0 atom stereocenters. The fourth-order valence-electron chi connectivity index (χ4n) is 3.56. The quantitative estimate of drug-likeness (QED) is 0.254. The molecule has 1 N–H and O–H groups in total. The van der Waals surface area contributed by atoms with Gasteiger partial charge in [-0.2, -0.15) is 0 Å². The summed E-state index contributed by atoms with van der Waals surface area (Å²) < 4.78 is 2.34. The molecule has 0 bridgehead atoms. The lowest BCUT2D eigenvalue weighted by atomic mass is 10.0. The Hall–Kier alpha value is -2.24. The minimum Gasteiger partial charge on any atom is -0.411 e. The van der Waals surface area contributed by atoms with Crippen LogP contribution in [0.1, 0.15) is 35.4 Å². The van der Waals surface area contributed by atoms with E-state index < -0.39 is 0 Å². The van der Waals surface area contributed by atoms with Gasteiger partial charge in [-0.05, 0) is 43.4 Å². The van der Waals surface area contributed by atoms with Gasteiger partial charge in [0.15, 0.2) is 5.16 Å². The van der Waals surface area contributed by atoms with E-state index in [1.807, 2.05) is 30.3 Å². The van der Waals surface area contributed by atoms with E-state index in [0.29, 0.717) is 16.5 Å². The summed E-state index contributed by atoms with van der Waals surface area (Å²) in [5.41, 5.74) is 5.33. The highest BCUT2D eigenvalue weighted by atomic mass is 35.5. The van der Waals surface area contributed by atoms with Crippen LogP contribution in [0, 0.1) is 0 Å². The molecule has 4 nitrogen and oxygen atoms in total. The van der Waals surface area contributed by atoms with Crippen molar-refractivity contribution in [3.8, 4) is 0 Å². The lowest BCUT2D eigenvalue weighted by molar-refractivity contribution is 0.319. The molecule has 4 rings (SSSR count). The molecule has 0 spiro atoms. The van der Waals surface area contributed by atoms with Gasteiger partial charge in [0.2, 0.25) is 0 Å². The predicted molar refractivity (Wildman–Crippen MR) is 115 cm³/mol. The zero-order valence-electron chi connectivity index (χ0n) is 15.5. The Balaban J connectivity index is 1.58. The van der Waals surface area contributed by atoms with Gasteiger partial charge in [-0.1, -0.05) is 71.0 Å². The summed E-state index contributed by atoms with van der Waals surface area (Å²) in [5.74, 6) is 0.544. The number of hydrogen-bond donors (Lipinski definition) is 1.